The molecule has 20 heavy (non-hydrogen) atoms. The molecule has 0 aliphatic carbocycles. The number of hydrogen-bond acceptors (Lipinski definition) is 2. The van der Waals surface area contributed by atoms with Crippen LogP contribution in [0, 0.1) is 0 Å². The van der Waals surface area contributed by atoms with E-state index in [2.05, 4.69) is 4.98 Å². The molecule has 0 atom stereocenters. The van der Waals surface area contributed by atoms with E-state index in [9.17, 15) is 9.59 Å². The second-order valence-corrected chi connectivity index (χ2v) is 5.26. The van der Waals surface area contributed by atoms with Crippen molar-refractivity contribution in [1.82, 2.24) is 4.98 Å². The van der Waals surface area contributed by atoms with Gasteiger partial charge in [0.25, 0.3) is 0 Å². The highest BCUT2D eigenvalue weighted by molar-refractivity contribution is 6.45. The van der Waals surface area contributed by atoms with Crippen molar-refractivity contribution in [2.24, 2.45) is 0 Å². The second-order valence-electron chi connectivity index (χ2n) is 4.03. The van der Waals surface area contributed by atoms with Crippen molar-refractivity contribution in [3.63, 3.8) is 0 Å². The van der Waals surface area contributed by atoms with E-state index in [1.54, 1.807) is 6.07 Å². The number of aromatic nitrogens is 1. The summed E-state index contributed by atoms with van der Waals surface area (Å²) in [5.74, 6) is -1.07. The number of aliphatic carboxylic acids is 1. The van der Waals surface area contributed by atoms with E-state index >= 15 is 0 Å². The van der Waals surface area contributed by atoms with Crippen LogP contribution in [0.5, 0.6) is 0 Å². The fourth-order valence-corrected chi connectivity index (χ4v) is 2.52. The van der Waals surface area contributed by atoms with Gasteiger partial charge in [-0.25, -0.2) is 0 Å². The van der Waals surface area contributed by atoms with E-state index in [1.165, 1.54) is 18.2 Å². The Hall–Kier alpha value is -1.49. The minimum atomic E-state index is -1.07. The van der Waals surface area contributed by atoms with E-state index < -0.39 is 11.5 Å². The molecule has 2 N–H and O–H groups in total. The predicted molar refractivity (Wildman–Crippen MR) is 78.9 cm³/mol. The molecule has 4 nitrogen and oxygen atoms in total. The minimum absolute atomic E-state index is 0.241. The van der Waals surface area contributed by atoms with Gasteiger partial charge in [-0.05, 0) is 18.2 Å². The molecule has 2 rings (SSSR count). The second kappa shape index (κ2) is 5.87. The number of pyridine rings is 1. The van der Waals surface area contributed by atoms with Crippen LogP contribution in [0.2, 0.25) is 15.1 Å². The third-order valence-electron chi connectivity index (χ3n) is 2.61. The zero-order valence-electron chi connectivity index (χ0n) is 9.91. The van der Waals surface area contributed by atoms with Gasteiger partial charge in [-0.1, -0.05) is 34.8 Å². The molecule has 1 heterocycles. The first-order valence-electron chi connectivity index (χ1n) is 5.47. The first kappa shape index (κ1) is 14.9. The molecule has 0 saturated carbocycles. The molecule has 0 fully saturated rings. The maximum absolute atomic E-state index is 11.3. The molecule has 1 aromatic carbocycles. The fourth-order valence-electron chi connectivity index (χ4n) is 1.81. The largest absolute Gasteiger partial charge is 0.481 e. The highest BCUT2D eigenvalue weighted by Gasteiger charge is 2.15. The summed E-state index contributed by atoms with van der Waals surface area (Å²) in [7, 11) is 0. The molecule has 0 amide bonds. The average Bonchev–Trinajstić information content (AvgIpc) is 2.33. The lowest BCUT2D eigenvalue weighted by molar-refractivity contribution is -0.136. The van der Waals surface area contributed by atoms with E-state index in [0.29, 0.717) is 16.1 Å². The topological polar surface area (TPSA) is 70.2 Å². The van der Waals surface area contributed by atoms with Crippen molar-refractivity contribution in [1.29, 1.82) is 0 Å². The average molecular weight is 333 g/mol. The number of carbonyl (C=O) groups is 1. The fraction of sp³-hybridized carbons (Fsp3) is 0.0769. The van der Waals surface area contributed by atoms with Crippen molar-refractivity contribution < 1.29 is 9.90 Å². The van der Waals surface area contributed by atoms with Crippen LogP contribution in [0.1, 0.15) is 5.69 Å². The Morgan fingerprint density at radius 2 is 1.85 bits per heavy atom. The van der Waals surface area contributed by atoms with Crippen LogP contribution >= 0.6 is 34.8 Å². The van der Waals surface area contributed by atoms with Crippen LogP contribution in [-0.4, -0.2) is 16.1 Å². The first-order chi connectivity index (χ1) is 9.38. The summed E-state index contributed by atoms with van der Waals surface area (Å²) in [5, 5.41) is 9.76. The quantitative estimate of drug-likeness (QED) is 0.843. The maximum Gasteiger partial charge on any atom is 0.309 e. The van der Waals surface area contributed by atoms with E-state index in [-0.39, 0.29) is 22.2 Å². The Labute approximate surface area is 128 Å². The Bertz CT molecular complexity index is 740. The normalized spacial score (nSPS) is 10.6. The van der Waals surface area contributed by atoms with Gasteiger partial charge in [0.1, 0.15) is 0 Å². The molecular formula is C13H8Cl3NO3. The zero-order valence-corrected chi connectivity index (χ0v) is 12.2. The molecule has 0 aliphatic heterocycles. The minimum Gasteiger partial charge on any atom is -0.481 e. The predicted octanol–water partition coefficient (Wildman–Crippen LogP) is 3.63. The smallest absolute Gasteiger partial charge is 0.309 e. The summed E-state index contributed by atoms with van der Waals surface area (Å²) < 4.78 is 0. The van der Waals surface area contributed by atoms with Crippen molar-refractivity contribution >= 4 is 40.8 Å². The highest BCUT2D eigenvalue weighted by Crippen LogP contribution is 2.37. The van der Waals surface area contributed by atoms with Crippen molar-refractivity contribution in [3.05, 3.63) is 55.4 Å². The number of carboxylic acid groups (broad SMARTS) is 1. The van der Waals surface area contributed by atoms with Crippen LogP contribution in [0.25, 0.3) is 11.1 Å². The molecule has 7 heteroatoms. The van der Waals surface area contributed by atoms with E-state index in [4.69, 9.17) is 39.9 Å². The van der Waals surface area contributed by atoms with E-state index in [0.717, 1.165) is 0 Å². The molecular weight excluding hydrogens is 325 g/mol. The number of H-pyrrole nitrogens is 1. The van der Waals surface area contributed by atoms with Gasteiger partial charge in [0.15, 0.2) is 0 Å². The maximum atomic E-state index is 11.3. The molecule has 2 aromatic rings. The van der Waals surface area contributed by atoms with Gasteiger partial charge in [0.05, 0.1) is 16.5 Å². The summed E-state index contributed by atoms with van der Waals surface area (Å²) in [4.78, 5) is 24.7. The Morgan fingerprint density at radius 3 is 2.50 bits per heavy atom. The molecule has 0 bridgehead atoms. The number of aromatic amines is 1. The third-order valence-corrected chi connectivity index (χ3v) is 3.63. The summed E-state index contributed by atoms with van der Waals surface area (Å²) in [6.45, 7) is 0. The molecule has 1 aromatic heterocycles. The van der Waals surface area contributed by atoms with Crippen LogP contribution in [-0.2, 0) is 11.2 Å². The van der Waals surface area contributed by atoms with Crippen molar-refractivity contribution in [2.45, 2.75) is 6.42 Å². The lowest BCUT2D eigenvalue weighted by atomic mass is 10.0. The van der Waals surface area contributed by atoms with Gasteiger partial charge in [-0.3, -0.25) is 9.59 Å². The van der Waals surface area contributed by atoms with Gasteiger partial charge in [-0.15, -0.1) is 0 Å². The summed E-state index contributed by atoms with van der Waals surface area (Å²) in [5.41, 5.74) is 0.789. The van der Waals surface area contributed by atoms with Gasteiger partial charge < -0.3 is 10.1 Å². The Morgan fingerprint density at radius 1 is 1.15 bits per heavy atom. The van der Waals surface area contributed by atoms with Gasteiger partial charge in [-0.2, -0.15) is 0 Å². The number of rotatable bonds is 3. The first-order valence-corrected chi connectivity index (χ1v) is 6.61. The van der Waals surface area contributed by atoms with Crippen LogP contribution < -0.4 is 5.56 Å². The Balaban J connectivity index is 2.69. The number of nitrogens with one attached hydrogen (secondary N) is 1. The summed E-state index contributed by atoms with van der Waals surface area (Å²) >= 11 is 18.0. The lowest BCUT2D eigenvalue weighted by Crippen LogP contribution is -2.12. The molecule has 104 valence electrons. The van der Waals surface area contributed by atoms with Crippen molar-refractivity contribution in [3.8, 4) is 11.1 Å². The third kappa shape index (κ3) is 3.15. The molecule has 0 aliphatic rings. The molecule has 0 radical (unpaired) electrons. The van der Waals surface area contributed by atoms with Crippen LogP contribution in [0.4, 0.5) is 0 Å². The van der Waals surface area contributed by atoms with E-state index in [1.807, 2.05) is 0 Å². The molecule has 0 saturated heterocycles. The summed E-state index contributed by atoms with van der Waals surface area (Å²) in [6.07, 6.45) is -0.341. The summed E-state index contributed by atoms with van der Waals surface area (Å²) in [6, 6.07) is 5.82. The number of benzene rings is 1. The zero-order chi connectivity index (χ0) is 14.9. The number of hydrogen-bond donors (Lipinski definition) is 2. The van der Waals surface area contributed by atoms with Crippen LogP contribution in [0.3, 0.4) is 0 Å². The standard InChI is InChI=1S/C13H8Cl3NO3/c14-6-3-8(13(16)9(15)4-6)7-1-2-11(18)17-10(7)5-12(19)20/h1-4H,5H2,(H,17,18)(H,19,20). The highest BCUT2D eigenvalue weighted by atomic mass is 35.5. The SMILES string of the molecule is O=C(O)Cc1[nH]c(=O)ccc1-c1cc(Cl)cc(Cl)c1Cl. The van der Waals surface area contributed by atoms with Gasteiger partial charge in [0, 0.05) is 27.9 Å². The number of halogens is 3. The molecule has 0 unspecified atom stereocenters. The number of carboxylic acids is 1. The lowest BCUT2D eigenvalue weighted by Gasteiger charge is -2.11. The Kier molecular flexibility index (Phi) is 4.38. The monoisotopic (exact) mass is 331 g/mol. The van der Waals surface area contributed by atoms with Crippen LogP contribution in [0.15, 0.2) is 29.1 Å². The molecule has 0 spiro atoms. The van der Waals surface area contributed by atoms with Gasteiger partial charge >= 0.3 is 5.97 Å². The van der Waals surface area contributed by atoms with Crippen molar-refractivity contribution in [2.75, 3.05) is 0 Å². The van der Waals surface area contributed by atoms with Gasteiger partial charge in [0.2, 0.25) is 5.56 Å².